The summed E-state index contributed by atoms with van der Waals surface area (Å²) < 4.78 is 7.32. The van der Waals surface area contributed by atoms with Gasteiger partial charge in [0, 0.05) is 31.6 Å². The Kier molecular flexibility index (Phi) is 3.53. The molecule has 4 rings (SSSR count). The summed E-state index contributed by atoms with van der Waals surface area (Å²) in [4.78, 5) is 12.5. The third kappa shape index (κ3) is 2.47. The topological polar surface area (TPSA) is 56.1 Å². The van der Waals surface area contributed by atoms with E-state index >= 15 is 0 Å². The fraction of sp³-hybridized carbons (Fsp3) is 0.647. The van der Waals surface area contributed by atoms with Crippen LogP contribution in [0, 0.1) is 17.8 Å². The van der Waals surface area contributed by atoms with E-state index < -0.39 is 0 Å². The number of aryl methyl sites for hydroxylation is 1. The molecule has 2 bridgehead atoms. The van der Waals surface area contributed by atoms with Gasteiger partial charge in [0.1, 0.15) is 5.82 Å². The monoisotopic (exact) mass is 301 g/mol. The first-order valence-corrected chi connectivity index (χ1v) is 8.31. The number of amides is 1. The maximum Gasteiger partial charge on any atom is 0.229 e. The predicted octanol–water partition coefficient (Wildman–Crippen LogP) is 2.46. The second kappa shape index (κ2) is 5.54. The van der Waals surface area contributed by atoms with Crippen molar-refractivity contribution in [1.82, 2.24) is 9.78 Å². The second-order valence-electron chi connectivity index (χ2n) is 6.87. The fourth-order valence-corrected chi connectivity index (χ4v) is 4.08. The number of allylic oxidation sites excluding steroid dienone is 2. The van der Waals surface area contributed by atoms with Gasteiger partial charge in [-0.05, 0) is 37.5 Å². The summed E-state index contributed by atoms with van der Waals surface area (Å²) in [6, 6.07) is 2.01. The lowest BCUT2D eigenvalue weighted by molar-refractivity contribution is -0.120. The summed E-state index contributed by atoms with van der Waals surface area (Å²) in [7, 11) is 1.89. The molecule has 0 aromatic carbocycles. The van der Waals surface area contributed by atoms with Gasteiger partial charge in [-0.25, -0.2) is 0 Å². The van der Waals surface area contributed by atoms with Crippen LogP contribution in [0.3, 0.4) is 0 Å². The predicted molar refractivity (Wildman–Crippen MR) is 83.5 cm³/mol. The second-order valence-corrected chi connectivity index (χ2v) is 6.87. The first kappa shape index (κ1) is 14.0. The van der Waals surface area contributed by atoms with E-state index in [-0.39, 0.29) is 11.8 Å². The summed E-state index contributed by atoms with van der Waals surface area (Å²) in [5.74, 6) is 2.48. The number of carbonyl (C=O) groups is 1. The standard InChI is InChI=1S/C17H23N3O2/c1-20-16(9-15(19-20)13-3-2-6-22-10-13)18-17(21)14-8-11-4-5-12(14)7-11/h4-5,9,11-14H,2-3,6-8,10H2,1H3,(H,18,21). The molecule has 0 radical (unpaired) electrons. The summed E-state index contributed by atoms with van der Waals surface area (Å²) in [6.07, 6.45) is 8.82. The van der Waals surface area contributed by atoms with Crippen molar-refractivity contribution in [3.8, 4) is 0 Å². The van der Waals surface area contributed by atoms with Gasteiger partial charge in [0.15, 0.2) is 0 Å². The molecular weight excluding hydrogens is 278 g/mol. The van der Waals surface area contributed by atoms with E-state index in [0.717, 1.165) is 50.4 Å². The third-order valence-corrected chi connectivity index (χ3v) is 5.34. The number of hydrogen-bond donors (Lipinski definition) is 1. The highest BCUT2D eigenvalue weighted by atomic mass is 16.5. The highest BCUT2D eigenvalue weighted by Crippen LogP contribution is 2.43. The van der Waals surface area contributed by atoms with Crippen molar-refractivity contribution in [3.05, 3.63) is 23.9 Å². The Hall–Kier alpha value is -1.62. The molecule has 1 saturated carbocycles. The van der Waals surface area contributed by atoms with Crippen LogP contribution in [0.5, 0.6) is 0 Å². The number of carbonyl (C=O) groups excluding carboxylic acids is 1. The molecule has 0 spiro atoms. The van der Waals surface area contributed by atoms with E-state index in [1.54, 1.807) is 4.68 Å². The van der Waals surface area contributed by atoms with Gasteiger partial charge in [0.25, 0.3) is 0 Å². The van der Waals surface area contributed by atoms with E-state index in [4.69, 9.17) is 4.74 Å². The van der Waals surface area contributed by atoms with Crippen LogP contribution in [0.1, 0.15) is 37.3 Å². The summed E-state index contributed by atoms with van der Waals surface area (Å²) in [5, 5.41) is 7.65. The molecule has 2 heterocycles. The van der Waals surface area contributed by atoms with Gasteiger partial charge in [-0.15, -0.1) is 0 Å². The van der Waals surface area contributed by atoms with Crippen LogP contribution in [0.25, 0.3) is 0 Å². The summed E-state index contributed by atoms with van der Waals surface area (Å²) >= 11 is 0. The zero-order chi connectivity index (χ0) is 15.1. The summed E-state index contributed by atoms with van der Waals surface area (Å²) in [5.41, 5.74) is 1.03. The Labute approximate surface area is 130 Å². The molecule has 3 aliphatic rings. The molecule has 1 saturated heterocycles. The van der Waals surface area contributed by atoms with E-state index in [2.05, 4.69) is 22.6 Å². The number of hydrogen-bond acceptors (Lipinski definition) is 3. The minimum Gasteiger partial charge on any atom is -0.381 e. The van der Waals surface area contributed by atoms with Crippen molar-refractivity contribution in [3.63, 3.8) is 0 Å². The highest BCUT2D eigenvalue weighted by molar-refractivity contribution is 5.92. The number of nitrogens with one attached hydrogen (secondary N) is 1. The Balaban J connectivity index is 1.45. The van der Waals surface area contributed by atoms with Crippen molar-refractivity contribution in [1.29, 1.82) is 0 Å². The highest BCUT2D eigenvalue weighted by Gasteiger charge is 2.40. The zero-order valence-electron chi connectivity index (χ0n) is 13.0. The van der Waals surface area contributed by atoms with Crippen molar-refractivity contribution in [2.24, 2.45) is 24.8 Å². The molecule has 2 fully saturated rings. The molecule has 1 aromatic rings. The minimum atomic E-state index is 0.131. The van der Waals surface area contributed by atoms with Crippen LogP contribution in [-0.4, -0.2) is 28.9 Å². The fourth-order valence-electron chi connectivity index (χ4n) is 4.08. The molecule has 4 atom stereocenters. The molecule has 2 aliphatic carbocycles. The Bertz CT molecular complexity index is 601. The van der Waals surface area contributed by atoms with E-state index in [0.29, 0.717) is 17.8 Å². The van der Waals surface area contributed by atoms with Crippen LogP contribution in [0.2, 0.25) is 0 Å². The number of nitrogens with zero attached hydrogens (tertiary/aromatic N) is 2. The molecule has 1 amide bonds. The van der Waals surface area contributed by atoms with Crippen LogP contribution in [-0.2, 0) is 16.6 Å². The van der Waals surface area contributed by atoms with Crippen molar-refractivity contribution < 1.29 is 9.53 Å². The van der Waals surface area contributed by atoms with Crippen molar-refractivity contribution in [2.45, 2.75) is 31.6 Å². The molecule has 118 valence electrons. The van der Waals surface area contributed by atoms with Gasteiger partial charge in [-0.3, -0.25) is 9.48 Å². The number of aromatic nitrogens is 2. The number of fused-ring (bicyclic) bond motifs is 2. The maximum atomic E-state index is 12.5. The lowest BCUT2D eigenvalue weighted by Gasteiger charge is -2.19. The van der Waals surface area contributed by atoms with E-state index in [9.17, 15) is 4.79 Å². The van der Waals surface area contributed by atoms with E-state index in [1.807, 2.05) is 13.1 Å². The normalized spacial score (nSPS) is 33.3. The number of anilines is 1. The first-order valence-electron chi connectivity index (χ1n) is 8.31. The lowest BCUT2D eigenvalue weighted by atomic mass is 9.93. The van der Waals surface area contributed by atoms with E-state index in [1.165, 1.54) is 0 Å². The van der Waals surface area contributed by atoms with Gasteiger partial charge >= 0.3 is 0 Å². The smallest absolute Gasteiger partial charge is 0.229 e. The molecule has 4 unspecified atom stereocenters. The zero-order valence-corrected chi connectivity index (χ0v) is 13.0. The van der Waals surface area contributed by atoms with Crippen LogP contribution in [0.15, 0.2) is 18.2 Å². The van der Waals surface area contributed by atoms with Gasteiger partial charge in [-0.2, -0.15) is 5.10 Å². The van der Waals surface area contributed by atoms with Crippen molar-refractivity contribution >= 4 is 11.7 Å². The van der Waals surface area contributed by atoms with Gasteiger partial charge in [0.2, 0.25) is 5.91 Å². The molecule has 5 nitrogen and oxygen atoms in total. The van der Waals surface area contributed by atoms with Crippen molar-refractivity contribution in [2.75, 3.05) is 18.5 Å². The molecule has 5 heteroatoms. The minimum absolute atomic E-state index is 0.131. The average Bonchev–Trinajstić information content (AvgIpc) is 3.24. The third-order valence-electron chi connectivity index (χ3n) is 5.34. The first-order chi connectivity index (χ1) is 10.7. The Morgan fingerprint density at radius 3 is 3.00 bits per heavy atom. The van der Waals surface area contributed by atoms with Gasteiger partial charge < -0.3 is 10.1 Å². The number of ether oxygens (including phenoxy) is 1. The quantitative estimate of drug-likeness (QED) is 0.873. The molecule has 1 N–H and O–H groups in total. The lowest BCUT2D eigenvalue weighted by Crippen LogP contribution is -2.26. The molecular formula is C17H23N3O2. The van der Waals surface area contributed by atoms with Gasteiger partial charge in [-0.1, -0.05) is 12.2 Å². The maximum absolute atomic E-state index is 12.5. The average molecular weight is 301 g/mol. The largest absolute Gasteiger partial charge is 0.381 e. The molecule has 1 aromatic heterocycles. The Morgan fingerprint density at radius 1 is 1.41 bits per heavy atom. The van der Waals surface area contributed by atoms with Gasteiger partial charge in [0.05, 0.1) is 12.3 Å². The summed E-state index contributed by atoms with van der Waals surface area (Å²) in [6.45, 7) is 1.59. The van der Waals surface area contributed by atoms with Crippen LogP contribution in [0.4, 0.5) is 5.82 Å². The Morgan fingerprint density at radius 2 is 2.32 bits per heavy atom. The van der Waals surface area contributed by atoms with Crippen LogP contribution >= 0.6 is 0 Å². The molecule has 1 aliphatic heterocycles. The van der Waals surface area contributed by atoms with Crippen LogP contribution < -0.4 is 5.32 Å². The molecule has 22 heavy (non-hydrogen) atoms. The SMILES string of the molecule is Cn1nc(C2CCCOC2)cc1NC(=O)C1CC2C=CC1C2. The number of rotatable bonds is 3.